The smallest absolute Gasteiger partial charge is 0.324 e. The van der Waals surface area contributed by atoms with E-state index in [1.807, 2.05) is 6.26 Å². The van der Waals surface area contributed by atoms with E-state index in [1.165, 1.54) is 36.0 Å². The molecule has 32 heavy (non-hydrogen) atoms. The summed E-state index contributed by atoms with van der Waals surface area (Å²) in [6.07, 6.45) is 2.39. The molecule has 2 aromatic rings. The number of ether oxygens (including phenoxy) is 1. The molecule has 1 amide bonds. The number of carbonyl (C=O) groups excluding carboxylic acids is 3. The van der Waals surface area contributed by atoms with Gasteiger partial charge in [0.1, 0.15) is 6.04 Å². The molecule has 10 heteroatoms. The third-order valence-electron chi connectivity index (χ3n) is 4.40. The Balaban J connectivity index is 2.00. The zero-order chi connectivity index (χ0) is 23.6. The van der Waals surface area contributed by atoms with Crippen molar-refractivity contribution in [2.45, 2.75) is 30.7 Å². The van der Waals surface area contributed by atoms with E-state index in [2.05, 4.69) is 10.0 Å². The van der Waals surface area contributed by atoms with E-state index < -0.39 is 34.4 Å². The molecule has 0 spiro atoms. The lowest BCUT2D eigenvalue weighted by atomic mass is 10.1. The Morgan fingerprint density at radius 3 is 2.28 bits per heavy atom. The lowest BCUT2D eigenvalue weighted by Gasteiger charge is -2.17. The molecular formula is C22H26N2O6S2. The molecule has 2 rings (SSSR count). The molecule has 1 atom stereocenters. The first-order valence-corrected chi connectivity index (χ1v) is 12.8. The summed E-state index contributed by atoms with van der Waals surface area (Å²) in [6.45, 7) is 1.20. The molecule has 0 aliphatic heterocycles. The van der Waals surface area contributed by atoms with E-state index >= 15 is 0 Å². The van der Waals surface area contributed by atoms with Crippen LogP contribution in [-0.4, -0.2) is 50.7 Å². The lowest BCUT2D eigenvalue weighted by molar-refractivity contribution is -0.144. The molecule has 172 valence electrons. The van der Waals surface area contributed by atoms with Gasteiger partial charge in [-0.25, -0.2) is 8.42 Å². The van der Waals surface area contributed by atoms with Crippen LogP contribution in [0.25, 0.3) is 0 Å². The Bertz CT molecular complexity index is 1020. The van der Waals surface area contributed by atoms with Crippen LogP contribution in [0.15, 0.2) is 59.5 Å². The van der Waals surface area contributed by atoms with Crippen molar-refractivity contribution in [3.8, 4) is 0 Å². The Labute approximate surface area is 192 Å². The SMILES string of the molecule is CCC(=O)Nc1ccc(C(=O)COC(=O)C(CCSC)NS(=O)(=O)c2ccccc2)cc1. The van der Waals surface area contributed by atoms with Crippen LogP contribution in [-0.2, 0) is 24.3 Å². The minimum absolute atomic E-state index is 0.0354. The van der Waals surface area contributed by atoms with Gasteiger partial charge >= 0.3 is 5.97 Å². The molecule has 0 aliphatic rings. The van der Waals surface area contributed by atoms with Crippen LogP contribution < -0.4 is 10.0 Å². The summed E-state index contributed by atoms with van der Waals surface area (Å²) in [5.41, 5.74) is 0.857. The number of hydrogen-bond donors (Lipinski definition) is 2. The minimum Gasteiger partial charge on any atom is -0.456 e. The summed E-state index contributed by atoms with van der Waals surface area (Å²) in [6, 6.07) is 12.8. The number of anilines is 1. The molecule has 0 heterocycles. The fourth-order valence-electron chi connectivity index (χ4n) is 2.62. The Kier molecular flexibility index (Phi) is 9.89. The molecule has 0 saturated carbocycles. The quantitative estimate of drug-likeness (QED) is 0.356. The highest BCUT2D eigenvalue weighted by molar-refractivity contribution is 7.98. The highest BCUT2D eigenvalue weighted by Crippen LogP contribution is 2.13. The van der Waals surface area contributed by atoms with Crippen LogP contribution in [0.5, 0.6) is 0 Å². The first-order chi connectivity index (χ1) is 15.3. The van der Waals surface area contributed by atoms with Crippen LogP contribution in [0.4, 0.5) is 5.69 Å². The molecule has 0 radical (unpaired) electrons. The zero-order valence-electron chi connectivity index (χ0n) is 17.9. The van der Waals surface area contributed by atoms with Crippen molar-refractivity contribution in [2.24, 2.45) is 0 Å². The Morgan fingerprint density at radius 2 is 1.69 bits per heavy atom. The van der Waals surface area contributed by atoms with Gasteiger partial charge in [0, 0.05) is 17.7 Å². The number of rotatable bonds is 12. The zero-order valence-corrected chi connectivity index (χ0v) is 19.5. The van der Waals surface area contributed by atoms with Crippen molar-refractivity contribution in [3.05, 3.63) is 60.2 Å². The number of benzene rings is 2. The third-order valence-corrected chi connectivity index (χ3v) is 6.53. The van der Waals surface area contributed by atoms with E-state index in [0.717, 1.165) is 0 Å². The lowest BCUT2D eigenvalue weighted by Crippen LogP contribution is -2.42. The average Bonchev–Trinajstić information content (AvgIpc) is 2.80. The number of carbonyl (C=O) groups is 3. The summed E-state index contributed by atoms with van der Waals surface area (Å²) in [4.78, 5) is 36.4. The van der Waals surface area contributed by atoms with Crippen LogP contribution in [0, 0.1) is 0 Å². The summed E-state index contributed by atoms with van der Waals surface area (Å²) >= 11 is 1.46. The summed E-state index contributed by atoms with van der Waals surface area (Å²) in [5.74, 6) is -0.886. The van der Waals surface area contributed by atoms with Gasteiger partial charge in [0.15, 0.2) is 12.4 Å². The van der Waals surface area contributed by atoms with Crippen molar-refractivity contribution < 1.29 is 27.5 Å². The van der Waals surface area contributed by atoms with E-state index in [1.54, 1.807) is 37.3 Å². The van der Waals surface area contributed by atoms with E-state index in [9.17, 15) is 22.8 Å². The number of thioether (sulfide) groups is 1. The van der Waals surface area contributed by atoms with Gasteiger partial charge in [-0.3, -0.25) is 14.4 Å². The van der Waals surface area contributed by atoms with Gasteiger partial charge < -0.3 is 10.1 Å². The van der Waals surface area contributed by atoms with Gasteiger partial charge in [0.2, 0.25) is 15.9 Å². The summed E-state index contributed by atoms with van der Waals surface area (Å²) in [5, 5.41) is 2.67. The van der Waals surface area contributed by atoms with Gasteiger partial charge in [-0.2, -0.15) is 16.5 Å². The van der Waals surface area contributed by atoms with Gasteiger partial charge in [-0.15, -0.1) is 0 Å². The second-order valence-electron chi connectivity index (χ2n) is 6.78. The summed E-state index contributed by atoms with van der Waals surface area (Å²) < 4.78 is 32.6. The predicted octanol–water partition coefficient (Wildman–Crippen LogP) is 2.86. The van der Waals surface area contributed by atoms with Crippen LogP contribution >= 0.6 is 11.8 Å². The molecule has 1 unspecified atom stereocenters. The first-order valence-electron chi connectivity index (χ1n) is 9.93. The van der Waals surface area contributed by atoms with Crippen LogP contribution in [0.3, 0.4) is 0 Å². The average molecular weight is 479 g/mol. The van der Waals surface area contributed by atoms with Crippen molar-refractivity contribution in [2.75, 3.05) is 23.9 Å². The largest absolute Gasteiger partial charge is 0.456 e. The number of ketones is 1. The molecule has 2 aromatic carbocycles. The van der Waals surface area contributed by atoms with Gasteiger partial charge in [0.05, 0.1) is 4.90 Å². The second kappa shape index (κ2) is 12.4. The molecule has 0 saturated heterocycles. The van der Waals surface area contributed by atoms with Gasteiger partial charge in [-0.1, -0.05) is 25.1 Å². The topological polar surface area (TPSA) is 119 Å². The van der Waals surface area contributed by atoms with Crippen molar-refractivity contribution in [1.82, 2.24) is 4.72 Å². The first kappa shape index (κ1) is 25.6. The van der Waals surface area contributed by atoms with Crippen molar-refractivity contribution in [1.29, 1.82) is 0 Å². The molecule has 0 fully saturated rings. The molecular weight excluding hydrogens is 452 g/mol. The third kappa shape index (κ3) is 7.77. The molecule has 0 bridgehead atoms. The van der Waals surface area contributed by atoms with Crippen LogP contribution in [0.1, 0.15) is 30.1 Å². The number of sulfonamides is 1. The monoisotopic (exact) mass is 478 g/mol. The Hall–Kier alpha value is -2.69. The molecule has 0 aromatic heterocycles. The highest BCUT2D eigenvalue weighted by atomic mass is 32.2. The molecule has 2 N–H and O–H groups in total. The Morgan fingerprint density at radius 1 is 1.03 bits per heavy atom. The number of nitrogens with one attached hydrogen (secondary N) is 2. The van der Waals surface area contributed by atoms with Gasteiger partial charge in [-0.05, 0) is 54.8 Å². The second-order valence-corrected chi connectivity index (χ2v) is 9.48. The van der Waals surface area contributed by atoms with Crippen molar-refractivity contribution in [3.63, 3.8) is 0 Å². The molecule has 0 aliphatic carbocycles. The molecule has 8 nitrogen and oxygen atoms in total. The van der Waals surface area contributed by atoms with Crippen molar-refractivity contribution >= 4 is 45.1 Å². The normalized spacial score (nSPS) is 12.1. The maximum absolute atomic E-state index is 12.6. The van der Waals surface area contributed by atoms with E-state index in [-0.39, 0.29) is 17.2 Å². The highest BCUT2D eigenvalue weighted by Gasteiger charge is 2.27. The standard InChI is InChI=1S/C22H26N2O6S2/c1-3-21(26)23-17-11-9-16(10-12-17)20(25)15-30-22(27)19(13-14-31-2)24-32(28,29)18-7-5-4-6-8-18/h4-12,19,24H,3,13-15H2,1-2H3,(H,23,26). The van der Waals surface area contributed by atoms with E-state index in [0.29, 0.717) is 23.4 Å². The fraction of sp³-hybridized carbons (Fsp3) is 0.318. The predicted molar refractivity (Wildman–Crippen MR) is 124 cm³/mol. The van der Waals surface area contributed by atoms with Gasteiger partial charge in [0.25, 0.3) is 0 Å². The van der Waals surface area contributed by atoms with E-state index in [4.69, 9.17) is 4.74 Å². The number of amides is 1. The maximum atomic E-state index is 12.6. The van der Waals surface area contributed by atoms with Crippen LogP contribution in [0.2, 0.25) is 0 Å². The maximum Gasteiger partial charge on any atom is 0.324 e. The number of hydrogen-bond acceptors (Lipinski definition) is 7. The summed E-state index contributed by atoms with van der Waals surface area (Å²) in [7, 11) is -3.92. The number of Topliss-reactive ketones (excluding diaryl/α,β-unsaturated/α-hetero) is 1. The minimum atomic E-state index is -3.92. The number of esters is 1. The fourth-order valence-corrected chi connectivity index (χ4v) is 4.34.